The molecule has 0 bridgehead atoms. The van der Waals surface area contributed by atoms with Gasteiger partial charge in [0.2, 0.25) is 0 Å². The average molecular weight is 395 g/mol. The Labute approximate surface area is 164 Å². The molecule has 0 aliphatic carbocycles. The van der Waals surface area contributed by atoms with Crippen molar-refractivity contribution in [2.45, 2.75) is 65.4 Å². The fourth-order valence-corrected chi connectivity index (χ4v) is 2.94. The molecule has 1 unspecified atom stereocenters. The Balaban J connectivity index is 2.32. The van der Waals surface area contributed by atoms with Crippen molar-refractivity contribution in [3.05, 3.63) is 22.7 Å². The molecule has 28 heavy (non-hydrogen) atoms. The van der Waals surface area contributed by atoms with Crippen LogP contribution in [0.4, 0.5) is 5.82 Å². The van der Waals surface area contributed by atoms with Crippen LogP contribution in [0.5, 0.6) is 0 Å². The number of anilines is 1. The molecular formula is C19H29N3O6. The molecule has 9 heteroatoms. The van der Waals surface area contributed by atoms with E-state index >= 15 is 0 Å². The van der Waals surface area contributed by atoms with Gasteiger partial charge in [-0.25, -0.2) is 4.79 Å². The van der Waals surface area contributed by atoms with Crippen molar-refractivity contribution < 1.29 is 23.8 Å². The third-order valence-electron chi connectivity index (χ3n) is 4.79. The first-order valence-electron chi connectivity index (χ1n) is 9.49. The van der Waals surface area contributed by atoms with Crippen molar-refractivity contribution in [1.82, 2.24) is 9.55 Å². The topological polar surface area (TPSA) is 123 Å². The van der Waals surface area contributed by atoms with Crippen LogP contribution in [0.3, 0.4) is 0 Å². The molecule has 3 atom stereocenters. The van der Waals surface area contributed by atoms with Crippen LogP contribution in [-0.4, -0.2) is 39.8 Å². The highest BCUT2D eigenvalue weighted by Gasteiger charge is 2.52. The molecule has 1 aliphatic heterocycles. The van der Waals surface area contributed by atoms with Gasteiger partial charge >= 0.3 is 17.6 Å². The van der Waals surface area contributed by atoms with E-state index in [2.05, 4.69) is 4.98 Å². The zero-order valence-electron chi connectivity index (χ0n) is 17.0. The second kappa shape index (κ2) is 8.72. The van der Waals surface area contributed by atoms with Gasteiger partial charge in [0.15, 0.2) is 0 Å². The molecule has 0 amide bonds. The van der Waals surface area contributed by atoms with E-state index in [9.17, 15) is 14.4 Å². The van der Waals surface area contributed by atoms with Crippen LogP contribution in [0.25, 0.3) is 0 Å². The summed E-state index contributed by atoms with van der Waals surface area (Å²) in [4.78, 5) is 40.1. The molecule has 1 aromatic heterocycles. The lowest BCUT2D eigenvalue weighted by atomic mass is 9.94. The molecule has 0 radical (unpaired) electrons. The van der Waals surface area contributed by atoms with Gasteiger partial charge in [0.05, 0.1) is 11.8 Å². The number of nitrogen functional groups attached to an aromatic ring is 1. The first-order chi connectivity index (χ1) is 13.1. The van der Waals surface area contributed by atoms with E-state index in [4.69, 9.17) is 19.9 Å². The van der Waals surface area contributed by atoms with E-state index in [1.54, 1.807) is 27.7 Å². The Kier molecular flexibility index (Phi) is 6.82. The van der Waals surface area contributed by atoms with Gasteiger partial charge in [-0.3, -0.25) is 14.2 Å². The number of hydrogen-bond donors (Lipinski definition) is 1. The summed E-state index contributed by atoms with van der Waals surface area (Å²) >= 11 is 0. The number of ether oxygens (including phenoxy) is 3. The SMILES string of the molecule is CC[C@]1(COC(=O)C(C)C)O[C@@H](n2ccc(N)nc2=O)CC1OC(=O)C(C)C. The monoisotopic (exact) mass is 395 g/mol. The van der Waals surface area contributed by atoms with E-state index in [1.165, 1.54) is 16.8 Å². The molecule has 2 N–H and O–H groups in total. The van der Waals surface area contributed by atoms with Crippen LogP contribution in [0.15, 0.2) is 17.1 Å². The van der Waals surface area contributed by atoms with Gasteiger partial charge < -0.3 is 19.9 Å². The number of aromatic nitrogens is 2. The number of esters is 2. The van der Waals surface area contributed by atoms with Crippen molar-refractivity contribution in [2.24, 2.45) is 11.8 Å². The van der Waals surface area contributed by atoms with Crippen LogP contribution in [0.1, 0.15) is 53.7 Å². The third-order valence-corrected chi connectivity index (χ3v) is 4.79. The van der Waals surface area contributed by atoms with E-state index < -0.39 is 23.6 Å². The maximum absolute atomic E-state index is 12.2. The van der Waals surface area contributed by atoms with Gasteiger partial charge in [0, 0.05) is 12.6 Å². The van der Waals surface area contributed by atoms with Crippen LogP contribution >= 0.6 is 0 Å². The lowest BCUT2D eigenvalue weighted by Gasteiger charge is -2.33. The minimum absolute atomic E-state index is 0.0792. The summed E-state index contributed by atoms with van der Waals surface area (Å²) in [5, 5.41) is 0. The number of carbonyl (C=O) groups excluding carboxylic acids is 2. The molecule has 156 valence electrons. The molecular weight excluding hydrogens is 366 g/mol. The predicted molar refractivity (Wildman–Crippen MR) is 101 cm³/mol. The number of nitrogens with two attached hydrogens (primary N) is 1. The molecule has 0 aromatic carbocycles. The second-order valence-electron chi connectivity index (χ2n) is 7.61. The van der Waals surface area contributed by atoms with E-state index in [0.717, 1.165) is 0 Å². The summed E-state index contributed by atoms with van der Waals surface area (Å²) < 4.78 is 18.5. The highest BCUT2D eigenvalue weighted by atomic mass is 16.6. The summed E-state index contributed by atoms with van der Waals surface area (Å²) in [6, 6.07) is 1.49. The van der Waals surface area contributed by atoms with Gasteiger partial charge in [0.1, 0.15) is 30.4 Å². The summed E-state index contributed by atoms with van der Waals surface area (Å²) in [5.41, 5.74) is 3.93. The fourth-order valence-electron chi connectivity index (χ4n) is 2.94. The third kappa shape index (κ3) is 4.70. The quantitative estimate of drug-likeness (QED) is 0.692. The molecule has 1 aromatic rings. The Hall–Kier alpha value is -2.42. The van der Waals surface area contributed by atoms with Crippen molar-refractivity contribution in [3.63, 3.8) is 0 Å². The molecule has 1 aliphatic rings. The maximum atomic E-state index is 12.2. The molecule has 1 fully saturated rings. The largest absolute Gasteiger partial charge is 0.462 e. The molecule has 1 saturated heterocycles. The number of carbonyl (C=O) groups is 2. The maximum Gasteiger partial charge on any atom is 0.351 e. The Morgan fingerprint density at radius 3 is 2.50 bits per heavy atom. The average Bonchev–Trinajstić information content (AvgIpc) is 2.97. The summed E-state index contributed by atoms with van der Waals surface area (Å²) in [6.45, 7) is 8.70. The van der Waals surface area contributed by atoms with Crippen LogP contribution in [-0.2, 0) is 23.8 Å². The predicted octanol–water partition coefficient (Wildman–Crippen LogP) is 1.66. The van der Waals surface area contributed by atoms with Crippen LogP contribution in [0.2, 0.25) is 0 Å². The standard InChI is InChI=1S/C19H29N3O6/c1-6-19(10-26-16(23)11(2)3)13(27-17(24)12(4)5)9-15(28-19)22-8-7-14(20)21-18(22)25/h7-8,11-13,15H,6,9-10H2,1-5H3,(H2,20,21,25)/t13?,15-,19-/m1/s1. The second-order valence-corrected chi connectivity index (χ2v) is 7.61. The molecule has 2 heterocycles. The Bertz CT molecular complexity index is 775. The van der Waals surface area contributed by atoms with Crippen molar-refractivity contribution in [1.29, 1.82) is 0 Å². The number of hydrogen-bond acceptors (Lipinski definition) is 8. The van der Waals surface area contributed by atoms with Gasteiger partial charge in [0.25, 0.3) is 0 Å². The van der Waals surface area contributed by atoms with Gasteiger partial charge in [-0.15, -0.1) is 0 Å². The first kappa shape index (κ1) is 21.9. The van der Waals surface area contributed by atoms with Gasteiger partial charge in [-0.2, -0.15) is 4.98 Å². The minimum Gasteiger partial charge on any atom is -0.462 e. The molecule has 2 rings (SSSR count). The number of rotatable bonds is 7. The zero-order valence-corrected chi connectivity index (χ0v) is 17.0. The van der Waals surface area contributed by atoms with Crippen LogP contribution < -0.4 is 11.4 Å². The van der Waals surface area contributed by atoms with Crippen molar-refractivity contribution >= 4 is 17.8 Å². The number of nitrogens with zero attached hydrogens (tertiary/aromatic N) is 2. The smallest absolute Gasteiger partial charge is 0.351 e. The van der Waals surface area contributed by atoms with Crippen molar-refractivity contribution in [3.8, 4) is 0 Å². The summed E-state index contributed by atoms with van der Waals surface area (Å²) in [5.74, 6) is -1.28. The highest BCUT2D eigenvalue weighted by Crippen LogP contribution is 2.41. The van der Waals surface area contributed by atoms with E-state index in [-0.39, 0.29) is 42.6 Å². The van der Waals surface area contributed by atoms with Crippen molar-refractivity contribution in [2.75, 3.05) is 12.3 Å². The lowest BCUT2D eigenvalue weighted by Crippen LogP contribution is -2.47. The minimum atomic E-state index is -1.05. The fraction of sp³-hybridized carbons (Fsp3) is 0.684. The zero-order chi connectivity index (χ0) is 21.1. The first-order valence-corrected chi connectivity index (χ1v) is 9.49. The highest BCUT2D eigenvalue weighted by molar-refractivity contribution is 5.72. The van der Waals surface area contributed by atoms with Crippen LogP contribution in [0, 0.1) is 11.8 Å². The van der Waals surface area contributed by atoms with Gasteiger partial charge in [-0.1, -0.05) is 34.6 Å². The lowest BCUT2D eigenvalue weighted by molar-refractivity contribution is -0.182. The summed E-state index contributed by atoms with van der Waals surface area (Å²) in [6.07, 6.45) is 0.742. The van der Waals surface area contributed by atoms with Gasteiger partial charge in [-0.05, 0) is 12.5 Å². The van der Waals surface area contributed by atoms with E-state index in [0.29, 0.717) is 6.42 Å². The summed E-state index contributed by atoms with van der Waals surface area (Å²) in [7, 11) is 0. The molecule has 9 nitrogen and oxygen atoms in total. The molecule has 0 spiro atoms. The normalized spacial score (nSPS) is 24.5. The van der Waals surface area contributed by atoms with E-state index in [1.807, 2.05) is 6.92 Å². The Morgan fingerprint density at radius 1 is 1.32 bits per heavy atom. The molecule has 0 saturated carbocycles. The Morgan fingerprint density at radius 2 is 1.96 bits per heavy atom.